The van der Waals surface area contributed by atoms with Crippen molar-refractivity contribution in [1.82, 2.24) is 4.90 Å². The van der Waals surface area contributed by atoms with E-state index in [4.69, 9.17) is 0 Å². The van der Waals surface area contributed by atoms with E-state index >= 15 is 0 Å². The highest BCUT2D eigenvalue weighted by atomic mass is 79.9. The van der Waals surface area contributed by atoms with Gasteiger partial charge < -0.3 is 4.90 Å². The molecule has 0 saturated carbocycles. The number of amides is 1. The summed E-state index contributed by atoms with van der Waals surface area (Å²) in [4.78, 5) is 13.4. The molecule has 0 heterocycles. The van der Waals surface area contributed by atoms with Crippen molar-refractivity contribution in [3.05, 3.63) is 47.0 Å². The average molecular weight is 282 g/mol. The van der Waals surface area contributed by atoms with Gasteiger partial charge in [-0.25, -0.2) is 0 Å². The van der Waals surface area contributed by atoms with Gasteiger partial charge in [-0.2, -0.15) is 0 Å². The van der Waals surface area contributed by atoms with Gasteiger partial charge in [0.15, 0.2) is 0 Å². The zero-order valence-electron chi connectivity index (χ0n) is 9.45. The summed E-state index contributed by atoms with van der Waals surface area (Å²) in [6, 6.07) is 7.99. The number of hydrogen-bond donors (Lipinski definition) is 0. The molecule has 0 aliphatic heterocycles. The summed E-state index contributed by atoms with van der Waals surface area (Å²) >= 11 is 3.41. The van der Waals surface area contributed by atoms with Gasteiger partial charge in [0.05, 0.1) is 0 Å². The zero-order chi connectivity index (χ0) is 12.0. The van der Waals surface area contributed by atoms with Gasteiger partial charge in [0.1, 0.15) is 0 Å². The van der Waals surface area contributed by atoms with Crippen LogP contribution in [0.3, 0.4) is 0 Å². The van der Waals surface area contributed by atoms with Gasteiger partial charge in [0.25, 0.3) is 0 Å². The number of carbonyl (C=O) groups is 1. The van der Waals surface area contributed by atoms with E-state index < -0.39 is 0 Å². The first-order chi connectivity index (χ1) is 7.63. The van der Waals surface area contributed by atoms with Crippen LogP contribution in [0.25, 0.3) is 0 Å². The van der Waals surface area contributed by atoms with Crippen LogP contribution in [0.1, 0.15) is 18.4 Å². The van der Waals surface area contributed by atoms with Crippen molar-refractivity contribution in [3.8, 4) is 0 Å². The Balaban J connectivity index is 2.53. The zero-order valence-corrected chi connectivity index (χ0v) is 11.0. The summed E-state index contributed by atoms with van der Waals surface area (Å²) in [5.74, 6) is 0.153. The lowest BCUT2D eigenvalue weighted by Crippen LogP contribution is -2.25. The van der Waals surface area contributed by atoms with E-state index in [1.807, 2.05) is 31.3 Å². The van der Waals surface area contributed by atoms with E-state index in [9.17, 15) is 4.79 Å². The van der Waals surface area contributed by atoms with E-state index in [0.717, 1.165) is 16.5 Å². The van der Waals surface area contributed by atoms with Crippen LogP contribution >= 0.6 is 15.9 Å². The molecule has 0 radical (unpaired) electrons. The summed E-state index contributed by atoms with van der Waals surface area (Å²) in [6.45, 7) is 4.26. The first kappa shape index (κ1) is 13.0. The molecule has 0 bridgehead atoms. The summed E-state index contributed by atoms with van der Waals surface area (Å²) in [7, 11) is 1.83. The van der Waals surface area contributed by atoms with Crippen LogP contribution in [0.2, 0.25) is 0 Å². The molecule has 0 aliphatic carbocycles. The minimum absolute atomic E-state index is 0.153. The fourth-order valence-corrected chi connectivity index (χ4v) is 1.86. The lowest BCUT2D eigenvalue weighted by molar-refractivity contribution is -0.130. The molecule has 0 unspecified atom stereocenters. The standard InChI is InChI=1S/C13H16BrNO/c1-3-4-8-13(16)15(2)10-11-6-5-7-12(14)9-11/h3,5-7,9H,1,4,8,10H2,2H3. The van der Waals surface area contributed by atoms with E-state index in [-0.39, 0.29) is 5.91 Å². The summed E-state index contributed by atoms with van der Waals surface area (Å²) in [5.41, 5.74) is 1.13. The number of rotatable bonds is 5. The van der Waals surface area contributed by atoms with Crippen LogP contribution in [-0.2, 0) is 11.3 Å². The summed E-state index contributed by atoms with van der Waals surface area (Å²) in [5, 5.41) is 0. The molecular weight excluding hydrogens is 266 g/mol. The maximum atomic E-state index is 11.7. The fourth-order valence-electron chi connectivity index (χ4n) is 1.41. The Bertz CT molecular complexity index is 376. The highest BCUT2D eigenvalue weighted by Gasteiger charge is 2.07. The van der Waals surface area contributed by atoms with Gasteiger partial charge in [-0.05, 0) is 24.1 Å². The smallest absolute Gasteiger partial charge is 0.222 e. The van der Waals surface area contributed by atoms with Gasteiger partial charge in [-0.1, -0.05) is 34.1 Å². The fraction of sp³-hybridized carbons (Fsp3) is 0.308. The highest BCUT2D eigenvalue weighted by Crippen LogP contribution is 2.13. The molecule has 1 aromatic carbocycles. The first-order valence-corrected chi connectivity index (χ1v) is 6.02. The second-order valence-electron chi connectivity index (χ2n) is 3.71. The Morgan fingerprint density at radius 3 is 2.94 bits per heavy atom. The quantitative estimate of drug-likeness (QED) is 0.758. The van der Waals surface area contributed by atoms with Crippen molar-refractivity contribution in [1.29, 1.82) is 0 Å². The molecule has 0 aliphatic rings. The number of carbonyl (C=O) groups excluding carboxylic acids is 1. The second kappa shape index (κ2) is 6.48. The lowest BCUT2D eigenvalue weighted by Gasteiger charge is -2.17. The number of halogens is 1. The van der Waals surface area contributed by atoms with Crippen molar-refractivity contribution in [2.75, 3.05) is 7.05 Å². The third-order valence-corrected chi connectivity index (χ3v) is 2.79. The van der Waals surface area contributed by atoms with Crippen LogP contribution in [0.4, 0.5) is 0 Å². The van der Waals surface area contributed by atoms with Crippen molar-refractivity contribution in [2.24, 2.45) is 0 Å². The molecule has 1 amide bonds. The Labute approximate surface area is 105 Å². The molecule has 0 spiro atoms. The molecular formula is C13H16BrNO. The predicted octanol–water partition coefficient (Wildman–Crippen LogP) is 3.37. The molecule has 0 N–H and O–H groups in total. The topological polar surface area (TPSA) is 20.3 Å². The number of hydrogen-bond acceptors (Lipinski definition) is 1. The maximum absolute atomic E-state index is 11.7. The summed E-state index contributed by atoms with van der Waals surface area (Å²) in [6.07, 6.45) is 3.04. The van der Waals surface area contributed by atoms with Crippen molar-refractivity contribution >= 4 is 21.8 Å². The van der Waals surface area contributed by atoms with Gasteiger partial charge in [0, 0.05) is 24.5 Å². The second-order valence-corrected chi connectivity index (χ2v) is 4.62. The molecule has 0 atom stereocenters. The van der Waals surface area contributed by atoms with Crippen LogP contribution in [0.5, 0.6) is 0 Å². The first-order valence-electron chi connectivity index (χ1n) is 5.23. The number of nitrogens with zero attached hydrogens (tertiary/aromatic N) is 1. The predicted molar refractivity (Wildman–Crippen MR) is 70.0 cm³/mol. The highest BCUT2D eigenvalue weighted by molar-refractivity contribution is 9.10. The van der Waals surface area contributed by atoms with Crippen LogP contribution < -0.4 is 0 Å². The Kier molecular flexibility index (Phi) is 5.26. The molecule has 16 heavy (non-hydrogen) atoms. The Morgan fingerprint density at radius 1 is 1.56 bits per heavy atom. The molecule has 0 aromatic heterocycles. The number of allylic oxidation sites excluding steroid dienone is 1. The van der Waals surface area contributed by atoms with Gasteiger partial charge in [-0.15, -0.1) is 6.58 Å². The Morgan fingerprint density at radius 2 is 2.31 bits per heavy atom. The summed E-state index contributed by atoms with van der Waals surface area (Å²) < 4.78 is 1.04. The molecule has 1 rings (SSSR count). The van der Waals surface area contributed by atoms with E-state index in [2.05, 4.69) is 22.5 Å². The van der Waals surface area contributed by atoms with Crippen LogP contribution in [0.15, 0.2) is 41.4 Å². The van der Waals surface area contributed by atoms with Crippen molar-refractivity contribution < 1.29 is 4.79 Å². The Hall–Kier alpha value is -1.09. The SMILES string of the molecule is C=CCCC(=O)N(C)Cc1cccc(Br)c1. The largest absolute Gasteiger partial charge is 0.341 e. The van der Waals surface area contributed by atoms with Gasteiger partial charge >= 0.3 is 0 Å². The van der Waals surface area contributed by atoms with Crippen LogP contribution in [-0.4, -0.2) is 17.9 Å². The van der Waals surface area contributed by atoms with E-state index in [1.165, 1.54) is 0 Å². The van der Waals surface area contributed by atoms with Crippen molar-refractivity contribution in [2.45, 2.75) is 19.4 Å². The number of benzene rings is 1. The lowest BCUT2D eigenvalue weighted by atomic mass is 10.2. The van der Waals surface area contributed by atoms with E-state index in [1.54, 1.807) is 11.0 Å². The minimum atomic E-state index is 0.153. The third-order valence-electron chi connectivity index (χ3n) is 2.30. The molecule has 1 aromatic rings. The maximum Gasteiger partial charge on any atom is 0.222 e. The average Bonchev–Trinajstić information content (AvgIpc) is 2.25. The van der Waals surface area contributed by atoms with Gasteiger partial charge in [0.2, 0.25) is 5.91 Å². The molecule has 0 saturated heterocycles. The third kappa shape index (κ3) is 4.19. The molecule has 86 valence electrons. The van der Waals surface area contributed by atoms with E-state index in [0.29, 0.717) is 13.0 Å². The minimum Gasteiger partial charge on any atom is -0.341 e. The van der Waals surface area contributed by atoms with Crippen molar-refractivity contribution in [3.63, 3.8) is 0 Å². The normalized spacial score (nSPS) is 9.88. The molecule has 2 nitrogen and oxygen atoms in total. The van der Waals surface area contributed by atoms with Gasteiger partial charge in [-0.3, -0.25) is 4.79 Å². The monoisotopic (exact) mass is 281 g/mol. The van der Waals surface area contributed by atoms with Crippen LogP contribution in [0, 0.1) is 0 Å². The molecule has 3 heteroatoms. The molecule has 0 fully saturated rings.